The van der Waals surface area contributed by atoms with Gasteiger partial charge in [0.1, 0.15) is 5.60 Å². The van der Waals surface area contributed by atoms with E-state index in [1.165, 1.54) is 0 Å². The van der Waals surface area contributed by atoms with Gasteiger partial charge in [-0.1, -0.05) is 26.7 Å². The quantitative estimate of drug-likeness (QED) is 0.712. The number of hydrogen-bond acceptors (Lipinski definition) is 3. The first kappa shape index (κ1) is 16.9. The molecule has 0 amide bonds. The molecule has 0 fully saturated rings. The SMILES string of the molecule is CCC[C@H](C(=O)O)[C@@H](CCC)C(=O)OC(C)(C)C. The molecule has 1 N–H and O–H groups in total. The van der Waals surface area contributed by atoms with E-state index in [1.807, 2.05) is 13.8 Å². The lowest BCUT2D eigenvalue weighted by Gasteiger charge is -2.27. The maximum Gasteiger partial charge on any atom is 0.310 e. The van der Waals surface area contributed by atoms with Crippen molar-refractivity contribution in [3.63, 3.8) is 0 Å². The van der Waals surface area contributed by atoms with Crippen LogP contribution >= 0.6 is 0 Å². The van der Waals surface area contributed by atoms with Crippen LogP contribution < -0.4 is 0 Å². The summed E-state index contributed by atoms with van der Waals surface area (Å²) in [5, 5.41) is 9.24. The minimum absolute atomic E-state index is 0.384. The molecule has 0 radical (unpaired) electrons. The van der Waals surface area contributed by atoms with Gasteiger partial charge in [0.2, 0.25) is 0 Å². The average molecular weight is 258 g/mol. The molecule has 0 bridgehead atoms. The molecule has 0 aliphatic heterocycles. The Labute approximate surface area is 110 Å². The van der Waals surface area contributed by atoms with Gasteiger partial charge in [0.25, 0.3) is 0 Å². The number of ether oxygens (including phenoxy) is 1. The molecule has 4 nitrogen and oxygen atoms in total. The number of carbonyl (C=O) groups is 2. The molecule has 0 rings (SSSR count). The third-order valence-electron chi connectivity index (χ3n) is 2.71. The summed E-state index contributed by atoms with van der Waals surface area (Å²) in [6, 6.07) is 0. The standard InChI is InChI=1S/C14H26O4/c1-6-8-10(12(15)16)11(9-7-2)13(17)18-14(3,4)5/h10-11H,6-9H2,1-5H3,(H,15,16)/t10-,11+/m0/s1. The fourth-order valence-electron chi connectivity index (χ4n) is 1.98. The second kappa shape index (κ2) is 7.39. The number of hydrogen-bond donors (Lipinski definition) is 1. The van der Waals surface area contributed by atoms with Gasteiger partial charge in [0, 0.05) is 0 Å². The summed E-state index contributed by atoms with van der Waals surface area (Å²) in [5.74, 6) is -2.46. The topological polar surface area (TPSA) is 63.6 Å². The van der Waals surface area contributed by atoms with Crippen LogP contribution in [-0.4, -0.2) is 22.6 Å². The van der Waals surface area contributed by atoms with Crippen molar-refractivity contribution in [2.75, 3.05) is 0 Å². The molecule has 0 heterocycles. The maximum atomic E-state index is 12.1. The molecule has 0 aromatic carbocycles. The van der Waals surface area contributed by atoms with E-state index in [4.69, 9.17) is 4.74 Å². The van der Waals surface area contributed by atoms with Crippen LogP contribution in [0.4, 0.5) is 0 Å². The van der Waals surface area contributed by atoms with E-state index in [1.54, 1.807) is 20.8 Å². The Bertz CT molecular complexity index is 278. The van der Waals surface area contributed by atoms with Gasteiger partial charge in [-0.2, -0.15) is 0 Å². The van der Waals surface area contributed by atoms with Crippen molar-refractivity contribution in [2.45, 2.75) is 65.9 Å². The Morgan fingerprint density at radius 1 is 1.06 bits per heavy atom. The van der Waals surface area contributed by atoms with Crippen LogP contribution in [0.3, 0.4) is 0 Å². The Hall–Kier alpha value is -1.06. The highest BCUT2D eigenvalue weighted by Gasteiger charge is 2.35. The van der Waals surface area contributed by atoms with Gasteiger partial charge in [-0.25, -0.2) is 0 Å². The van der Waals surface area contributed by atoms with Gasteiger partial charge in [-0.3, -0.25) is 9.59 Å². The maximum absolute atomic E-state index is 12.1. The molecular weight excluding hydrogens is 232 g/mol. The van der Waals surface area contributed by atoms with Gasteiger partial charge in [0.15, 0.2) is 0 Å². The highest BCUT2D eigenvalue weighted by molar-refractivity contribution is 5.81. The van der Waals surface area contributed by atoms with Gasteiger partial charge < -0.3 is 9.84 Å². The minimum Gasteiger partial charge on any atom is -0.481 e. The van der Waals surface area contributed by atoms with Gasteiger partial charge in [-0.15, -0.1) is 0 Å². The van der Waals surface area contributed by atoms with Crippen molar-refractivity contribution in [2.24, 2.45) is 11.8 Å². The van der Waals surface area contributed by atoms with E-state index in [-0.39, 0.29) is 5.97 Å². The lowest BCUT2D eigenvalue weighted by atomic mass is 9.85. The van der Waals surface area contributed by atoms with Gasteiger partial charge >= 0.3 is 11.9 Å². The lowest BCUT2D eigenvalue weighted by molar-refractivity contribution is -0.167. The van der Waals surface area contributed by atoms with Crippen molar-refractivity contribution in [3.8, 4) is 0 Å². The van der Waals surface area contributed by atoms with Crippen molar-refractivity contribution in [1.82, 2.24) is 0 Å². The first-order valence-electron chi connectivity index (χ1n) is 6.68. The molecule has 0 aromatic rings. The van der Waals surface area contributed by atoms with E-state index in [2.05, 4.69) is 0 Å². The lowest BCUT2D eigenvalue weighted by Crippen LogP contribution is -2.35. The predicted octanol–water partition coefficient (Wildman–Crippen LogP) is 3.25. The zero-order valence-corrected chi connectivity index (χ0v) is 12.2. The predicted molar refractivity (Wildman–Crippen MR) is 70.3 cm³/mol. The number of carboxylic acid groups (broad SMARTS) is 1. The van der Waals surface area contributed by atoms with E-state index < -0.39 is 23.4 Å². The van der Waals surface area contributed by atoms with Gasteiger partial charge in [-0.05, 0) is 33.6 Å². The molecule has 0 aliphatic carbocycles. The van der Waals surface area contributed by atoms with E-state index in [0.29, 0.717) is 12.8 Å². The summed E-state index contributed by atoms with van der Waals surface area (Å²) in [6.07, 6.45) is 2.60. The number of carbonyl (C=O) groups excluding carboxylic acids is 1. The second-order valence-electron chi connectivity index (χ2n) is 5.66. The number of aliphatic carboxylic acids is 1. The number of carboxylic acids is 1. The van der Waals surface area contributed by atoms with E-state index >= 15 is 0 Å². The summed E-state index contributed by atoms with van der Waals surface area (Å²) in [6.45, 7) is 9.26. The first-order chi connectivity index (χ1) is 8.22. The molecule has 0 aliphatic rings. The Morgan fingerprint density at radius 2 is 1.50 bits per heavy atom. The normalized spacial score (nSPS) is 14.9. The van der Waals surface area contributed by atoms with Gasteiger partial charge in [0.05, 0.1) is 11.8 Å². The Balaban J connectivity index is 4.90. The molecule has 4 heteroatoms. The Morgan fingerprint density at radius 3 is 1.83 bits per heavy atom. The third kappa shape index (κ3) is 6.03. The largest absolute Gasteiger partial charge is 0.481 e. The Kier molecular flexibility index (Phi) is 6.96. The van der Waals surface area contributed by atoms with Crippen molar-refractivity contribution < 1.29 is 19.4 Å². The summed E-state index contributed by atoms with van der Waals surface area (Å²) >= 11 is 0. The zero-order valence-electron chi connectivity index (χ0n) is 12.2. The molecular formula is C14H26O4. The molecule has 0 saturated carbocycles. The molecule has 0 saturated heterocycles. The first-order valence-corrected chi connectivity index (χ1v) is 6.68. The van der Waals surface area contributed by atoms with Crippen LogP contribution in [0.2, 0.25) is 0 Å². The summed E-state index contributed by atoms with van der Waals surface area (Å²) < 4.78 is 5.33. The summed E-state index contributed by atoms with van der Waals surface area (Å²) in [7, 11) is 0. The van der Waals surface area contributed by atoms with Crippen molar-refractivity contribution >= 4 is 11.9 Å². The van der Waals surface area contributed by atoms with E-state index in [9.17, 15) is 14.7 Å². The number of rotatable bonds is 7. The van der Waals surface area contributed by atoms with Crippen LogP contribution in [0.25, 0.3) is 0 Å². The van der Waals surface area contributed by atoms with Crippen molar-refractivity contribution in [1.29, 1.82) is 0 Å². The summed E-state index contributed by atoms with van der Waals surface area (Å²) in [5.41, 5.74) is -0.571. The minimum atomic E-state index is -0.902. The molecule has 106 valence electrons. The number of esters is 1. The highest BCUT2D eigenvalue weighted by Crippen LogP contribution is 2.26. The zero-order chi connectivity index (χ0) is 14.3. The van der Waals surface area contributed by atoms with Crippen LogP contribution in [0.15, 0.2) is 0 Å². The van der Waals surface area contributed by atoms with Crippen LogP contribution in [0, 0.1) is 11.8 Å². The molecule has 2 atom stereocenters. The average Bonchev–Trinajstić information content (AvgIpc) is 2.20. The fourth-order valence-corrected chi connectivity index (χ4v) is 1.98. The van der Waals surface area contributed by atoms with Crippen LogP contribution in [0.1, 0.15) is 60.3 Å². The molecule has 0 unspecified atom stereocenters. The van der Waals surface area contributed by atoms with E-state index in [0.717, 1.165) is 12.8 Å². The molecule has 0 aromatic heterocycles. The molecule has 0 spiro atoms. The second-order valence-corrected chi connectivity index (χ2v) is 5.66. The third-order valence-corrected chi connectivity index (χ3v) is 2.71. The van der Waals surface area contributed by atoms with Crippen molar-refractivity contribution in [3.05, 3.63) is 0 Å². The summed E-state index contributed by atoms with van der Waals surface area (Å²) in [4.78, 5) is 23.4. The highest BCUT2D eigenvalue weighted by atomic mass is 16.6. The fraction of sp³-hybridized carbons (Fsp3) is 0.857. The smallest absolute Gasteiger partial charge is 0.310 e. The van der Waals surface area contributed by atoms with Crippen LogP contribution in [0.5, 0.6) is 0 Å². The molecule has 18 heavy (non-hydrogen) atoms. The van der Waals surface area contributed by atoms with Crippen LogP contribution in [-0.2, 0) is 14.3 Å². The monoisotopic (exact) mass is 258 g/mol.